The van der Waals surface area contributed by atoms with E-state index in [4.69, 9.17) is 4.74 Å². The van der Waals surface area contributed by atoms with E-state index >= 15 is 0 Å². The number of hydrogen-bond acceptors (Lipinski definition) is 3. The van der Waals surface area contributed by atoms with Gasteiger partial charge in [-0.25, -0.2) is 9.18 Å². The number of carbonyl (C=O) groups is 2. The summed E-state index contributed by atoms with van der Waals surface area (Å²) in [6.07, 6.45) is 0. The molecule has 0 unspecified atom stereocenters. The number of ether oxygens (including phenoxy) is 1. The normalized spacial score (nSPS) is 12.8. The Balaban J connectivity index is 1.84. The van der Waals surface area contributed by atoms with E-state index in [2.05, 4.69) is 5.32 Å². The lowest BCUT2D eigenvalue weighted by atomic mass is 10.1. The van der Waals surface area contributed by atoms with E-state index in [0.717, 1.165) is 0 Å². The van der Waals surface area contributed by atoms with Gasteiger partial charge in [0.05, 0.1) is 11.1 Å². The van der Waals surface area contributed by atoms with Crippen LogP contribution in [0.5, 0.6) is 0 Å². The number of anilines is 1. The number of benzene rings is 2. The fraction of sp³-hybridized carbons (Fsp3) is 0.0667. The average Bonchev–Trinajstić information content (AvgIpc) is 2.80. The molecule has 2 aromatic carbocycles. The minimum atomic E-state index is -0.579. The first kappa shape index (κ1) is 12.3. The highest BCUT2D eigenvalue weighted by molar-refractivity contribution is 6.05. The minimum Gasteiger partial charge on any atom is -0.457 e. The van der Waals surface area contributed by atoms with Crippen LogP contribution in [0.2, 0.25) is 0 Å². The van der Waals surface area contributed by atoms with Crippen molar-refractivity contribution < 1.29 is 18.7 Å². The van der Waals surface area contributed by atoms with Crippen molar-refractivity contribution in [2.45, 2.75) is 6.61 Å². The van der Waals surface area contributed by atoms with E-state index in [0.29, 0.717) is 16.8 Å². The lowest BCUT2D eigenvalue weighted by molar-refractivity contribution is 0.0535. The molecule has 0 aliphatic carbocycles. The van der Waals surface area contributed by atoms with Gasteiger partial charge >= 0.3 is 5.97 Å². The third-order valence-corrected chi connectivity index (χ3v) is 3.06. The van der Waals surface area contributed by atoms with E-state index in [1.54, 1.807) is 24.3 Å². The number of cyclic esters (lactones) is 1. The number of esters is 1. The van der Waals surface area contributed by atoms with Gasteiger partial charge in [-0.1, -0.05) is 12.1 Å². The van der Waals surface area contributed by atoms with Gasteiger partial charge in [0.25, 0.3) is 5.91 Å². The first-order valence-corrected chi connectivity index (χ1v) is 6.01. The van der Waals surface area contributed by atoms with Crippen LogP contribution in [0.25, 0.3) is 0 Å². The van der Waals surface area contributed by atoms with Crippen molar-refractivity contribution in [3.63, 3.8) is 0 Å². The number of halogens is 1. The summed E-state index contributed by atoms with van der Waals surface area (Å²) in [5, 5.41) is 2.60. The van der Waals surface area contributed by atoms with Gasteiger partial charge in [0, 0.05) is 11.3 Å². The summed E-state index contributed by atoms with van der Waals surface area (Å²) in [5.41, 5.74) is 1.67. The van der Waals surface area contributed by atoms with E-state index in [1.807, 2.05) is 0 Å². The summed E-state index contributed by atoms with van der Waals surface area (Å²) in [6.45, 7) is 0.192. The molecule has 2 aromatic rings. The summed E-state index contributed by atoms with van der Waals surface area (Å²) in [4.78, 5) is 23.3. The molecule has 0 atom stereocenters. The second kappa shape index (κ2) is 4.77. The number of rotatable bonds is 2. The topological polar surface area (TPSA) is 55.4 Å². The number of fused-ring (bicyclic) bond motifs is 1. The number of hydrogen-bond donors (Lipinski definition) is 1. The molecular formula is C15H10FNO3. The van der Waals surface area contributed by atoms with E-state index < -0.39 is 11.7 Å². The Bertz CT molecular complexity index is 712. The fourth-order valence-corrected chi connectivity index (χ4v) is 2.05. The highest BCUT2D eigenvalue weighted by Gasteiger charge is 2.21. The summed E-state index contributed by atoms with van der Waals surface area (Å²) >= 11 is 0. The molecule has 0 aromatic heterocycles. The Hall–Kier alpha value is -2.69. The van der Waals surface area contributed by atoms with E-state index in [-0.39, 0.29) is 18.1 Å². The molecule has 1 aliphatic rings. The molecule has 0 spiro atoms. The standard InChI is InChI=1S/C15H10FNO3/c16-13-4-2-1-3-12(13)14(18)17-10-5-6-11-9(7-10)8-20-15(11)19/h1-7H,8H2,(H,17,18). The third-order valence-electron chi connectivity index (χ3n) is 3.06. The Kier molecular flexibility index (Phi) is 2.95. The Morgan fingerprint density at radius 1 is 1.20 bits per heavy atom. The van der Waals surface area contributed by atoms with Crippen molar-refractivity contribution in [1.29, 1.82) is 0 Å². The van der Waals surface area contributed by atoms with Crippen LogP contribution in [0.15, 0.2) is 42.5 Å². The zero-order valence-electron chi connectivity index (χ0n) is 10.4. The van der Waals surface area contributed by atoms with Crippen LogP contribution >= 0.6 is 0 Å². The zero-order valence-corrected chi connectivity index (χ0v) is 10.4. The van der Waals surface area contributed by atoms with Crippen molar-refractivity contribution in [1.82, 2.24) is 0 Å². The van der Waals surface area contributed by atoms with Crippen LogP contribution in [-0.2, 0) is 11.3 Å². The van der Waals surface area contributed by atoms with Crippen molar-refractivity contribution in [3.05, 3.63) is 65.0 Å². The highest BCUT2D eigenvalue weighted by Crippen LogP contribution is 2.23. The largest absolute Gasteiger partial charge is 0.457 e. The molecule has 0 saturated heterocycles. The maximum Gasteiger partial charge on any atom is 0.338 e. The smallest absolute Gasteiger partial charge is 0.338 e. The first-order valence-electron chi connectivity index (χ1n) is 6.01. The predicted molar refractivity (Wildman–Crippen MR) is 69.9 cm³/mol. The second-order valence-electron chi connectivity index (χ2n) is 4.38. The molecule has 1 N–H and O–H groups in total. The maximum absolute atomic E-state index is 13.5. The molecule has 3 rings (SSSR count). The minimum absolute atomic E-state index is 0.0275. The van der Waals surface area contributed by atoms with Crippen LogP contribution < -0.4 is 5.32 Å². The van der Waals surface area contributed by atoms with Gasteiger partial charge < -0.3 is 10.1 Å². The Morgan fingerprint density at radius 2 is 2.00 bits per heavy atom. The highest BCUT2D eigenvalue weighted by atomic mass is 19.1. The van der Waals surface area contributed by atoms with Gasteiger partial charge in [-0.05, 0) is 30.3 Å². The van der Waals surface area contributed by atoms with Crippen LogP contribution in [0, 0.1) is 5.82 Å². The monoisotopic (exact) mass is 271 g/mol. The molecular weight excluding hydrogens is 261 g/mol. The molecule has 1 amide bonds. The number of nitrogens with one attached hydrogen (secondary N) is 1. The maximum atomic E-state index is 13.5. The van der Waals surface area contributed by atoms with Gasteiger partial charge in [-0.15, -0.1) is 0 Å². The molecule has 1 heterocycles. The van der Waals surface area contributed by atoms with Gasteiger partial charge in [0.2, 0.25) is 0 Å². The van der Waals surface area contributed by atoms with Gasteiger partial charge in [-0.3, -0.25) is 4.79 Å². The molecule has 5 heteroatoms. The quantitative estimate of drug-likeness (QED) is 0.854. The second-order valence-corrected chi connectivity index (χ2v) is 4.38. The molecule has 0 fully saturated rings. The Labute approximate surface area is 114 Å². The predicted octanol–water partition coefficient (Wildman–Crippen LogP) is 2.75. The van der Waals surface area contributed by atoms with E-state index in [9.17, 15) is 14.0 Å². The van der Waals surface area contributed by atoms with E-state index in [1.165, 1.54) is 18.2 Å². The zero-order chi connectivity index (χ0) is 14.1. The molecule has 20 heavy (non-hydrogen) atoms. The van der Waals surface area contributed by atoms with Crippen LogP contribution in [-0.4, -0.2) is 11.9 Å². The lowest BCUT2D eigenvalue weighted by Crippen LogP contribution is -2.13. The van der Waals surface area contributed by atoms with Crippen LogP contribution in [0.1, 0.15) is 26.3 Å². The Morgan fingerprint density at radius 3 is 2.80 bits per heavy atom. The van der Waals surface area contributed by atoms with Gasteiger partial charge in [0.1, 0.15) is 12.4 Å². The molecule has 0 radical (unpaired) electrons. The molecule has 0 bridgehead atoms. The molecule has 0 saturated carbocycles. The van der Waals surface area contributed by atoms with Crippen LogP contribution in [0.4, 0.5) is 10.1 Å². The van der Waals surface area contributed by atoms with Gasteiger partial charge in [0.15, 0.2) is 0 Å². The third kappa shape index (κ3) is 2.14. The number of amides is 1. The summed E-state index contributed by atoms with van der Waals surface area (Å²) < 4.78 is 18.4. The molecule has 4 nitrogen and oxygen atoms in total. The van der Waals surface area contributed by atoms with Crippen molar-refractivity contribution >= 4 is 17.6 Å². The fourth-order valence-electron chi connectivity index (χ4n) is 2.05. The summed E-state index contributed by atoms with van der Waals surface area (Å²) in [7, 11) is 0. The summed E-state index contributed by atoms with van der Waals surface area (Å²) in [6, 6.07) is 10.6. The number of carbonyl (C=O) groups excluding carboxylic acids is 2. The SMILES string of the molecule is O=C(Nc1ccc2c(c1)COC2=O)c1ccccc1F. The van der Waals surface area contributed by atoms with Crippen molar-refractivity contribution in [2.75, 3.05) is 5.32 Å². The van der Waals surface area contributed by atoms with Gasteiger partial charge in [-0.2, -0.15) is 0 Å². The summed E-state index contributed by atoms with van der Waals surface area (Å²) in [5.74, 6) is -1.48. The molecule has 1 aliphatic heterocycles. The van der Waals surface area contributed by atoms with Crippen LogP contribution in [0.3, 0.4) is 0 Å². The van der Waals surface area contributed by atoms with Crippen molar-refractivity contribution in [2.24, 2.45) is 0 Å². The average molecular weight is 271 g/mol. The molecule has 100 valence electrons. The van der Waals surface area contributed by atoms with Crippen molar-refractivity contribution in [3.8, 4) is 0 Å². The first-order chi connectivity index (χ1) is 9.65. The lowest BCUT2D eigenvalue weighted by Gasteiger charge is -2.07.